The summed E-state index contributed by atoms with van der Waals surface area (Å²) in [4.78, 5) is 53.0. The Bertz CT molecular complexity index is 913. The van der Waals surface area contributed by atoms with E-state index in [-0.39, 0.29) is 24.0 Å². The van der Waals surface area contributed by atoms with Crippen LogP contribution in [0.2, 0.25) is 0 Å². The lowest BCUT2D eigenvalue weighted by molar-refractivity contribution is -0.134. The Morgan fingerprint density at radius 2 is 1.66 bits per heavy atom. The molecule has 0 unspecified atom stereocenters. The Balaban J connectivity index is 1.83. The molecule has 0 heterocycles. The number of Topliss-reactive ketones (excluding diaryl/α,β-unsaturated/α-hetero) is 1. The van der Waals surface area contributed by atoms with Crippen LogP contribution in [-0.4, -0.2) is 88.3 Å². The topological polar surface area (TPSA) is 99.3 Å². The molecule has 0 aliphatic heterocycles. The van der Waals surface area contributed by atoms with Gasteiger partial charge in [-0.3, -0.25) is 19.2 Å². The smallest absolute Gasteiger partial charge is 0.236 e. The molecule has 0 bridgehead atoms. The molecule has 0 saturated heterocycles. The number of allylic oxidation sites excluding steroid dienone is 2. The lowest BCUT2D eigenvalue weighted by Gasteiger charge is -2.21. The van der Waals surface area contributed by atoms with Crippen molar-refractivity contribution in [2.45, 2.75) is 38.5 Å². The fourth-order valence-electron chi connectivity index (χ4n) is 3.87. The number of nitrogens with zero attached hydrogens (tertiary/aromatic N) is 3. The molecule has 1 aliphatic carbocycles. The fourth-order valence-corrected chi connectivity index (χ4v) is 3.87. The van der Waals surface area contributed by atoms with Gasteiger partial charge in [0, 0.05) is 70.4 Å². The largest absolute Gasteiger partial charge is 0.391 e. The summed E-state index contributed by atoms with van der Waals surface area (Å²) < 4.78 is 5.49. The highest BCUT2D eigenvalue weighted by molar-refractivity contribution is 6.10. The van der Waals surface area contributed by atoms with Crippen LogP contribution in [0.1, 0.15) is 48.9 Å². The Morgan fingerprint density at radius 3 is 2.31 bits per heavy atom. The first-order valence-electron chi connectivity index (χ1n) is 12.1. The number of ether oxygens (including phenoxy) is 1. The Labute approximate surface area is 208 Å². The van der Waals surface area contributed by atoms with Crippen molar-refractivity contribution in [2.24, 2.45) is 0 Å². The van der Waals surface area contributed by atoms with Gasteiger partial charge in [0.25, 0.3) is 0 Å². The van der Waals surface area contributed by atoms with Gasteiger partial charge in [0.1, 0.15) is 6.42 Å². The Morgan fingerprint density at radius 1 is 0.971 bits per heavy atom. The molecule has 0 aromatic heterocycles. The SMILES string of the molecule is CNC1=C(C(=O)c2ccc(N(C)C(=O)CC(=O)N(C)CCOCCCN(C)C=O)cc2)CCCC1. The molecule has 0 saturated carbocycles. The summed E-state index contributed by atoms with van der Waals surface area (Å²) in [5, 5.41) is 3.15. The van der Waals surface area contributed by atoms with Gasteiger partial charge in [-0.05, 0) is 56.4 Å². The van der Waals surface area contributed by atoms with E-state index in [1.165, 1.54) is 9.80 Å². The zero-order valence-corrected chi connectivity index (χ0v) is 21.3. The van der Waals surface area contributed by atoms with Crippen LogP contribution in [0, 0.1) is 0 Å². The Hall–Kier alpha value is -3.20. The van der Waals surface area contributed by atoms with Gasteiger partial charge in [-0.1, -0.05) is 0 Å². The van der Waals surface area contributed by atoms with Crippen molar-refractivity contribution in [3.63, 3.8) is 0 Å². The lowest BCUT2D eigenvalue weighted by Crippen LogP contribution is -2.36. The van der Waals surface area contributed by atoms with Crippen LogP contribution >= 0.6 is 0 Å². The summed E-state index contributed by atoms with van der Waals surface area (Å²) in [6.07, 6.45) is 4.98. The first-order valence-corrected chi connectivity index (χ1v) is 12.1. The highest BCUT2D eigenvalue weighted by atomic mass is 16.5. The summed E-state index contributed by atoms with van der Waals surface area (Å²) in [6, 6.07) is 6.93. The van der Waals surface area contributed by atoms with E-state index in [1.807, 2.05) is 7.05 Å². The zero-order valence-electron chi connectivity index (χ0n) is 21.3. The average molecular weight is 487 g/mol. The number of ketones is 1. The maximum atomic E-state index is 12.9. The van der Waals surface area contributed by atoms with E-state index in [0.29, 0.717) is 37.6 Å². The van der Waals surface area contributed by atoms with E-state index < -0.39 is 0 Å². The number of rotatable bonds is 14. The molecule has 1 aliphatic rings. The molecule has 1 N–H and O–H groups in total. The van der Waals surface area contributed by atoms with E-state index in [4.69, 9.17) is 4.74 Å². The van der Waals surface area contributed by atoms with Gasteiger partial charge in [-0.2, -0.15) is 0 Å². The minimum absolute atomic E-state index is 0.0179. The number of amides is 3. The van der Waals surface area contributed by atoms with Gasteiger partial charge in [0.05, 0.1) is 6.61 Å². The van der Waals surface area contributed by atoms with Crippen molar-refractivity contribution in [3.05, 3.63) is 41.1 Å². The Kier molecular flexibility index (Phi) is 11.4. The summed E-state index contributed by atoms with van der Waals surface area (Å²) in [5.74, 6) is -0.600. The van der Waals surface area contributed by atoms with E-state index in [1.54, 1.807) is 50.3 Å². The van der Waals surface area contributed by atoms with Crippen LogP contribution in [0.15, 0.2) is 35.5 Å². The van der Waals surface area contributed by atoms with Crippen molar-refractivity contribution < 1.29 is 23.9 Å². The number of nitrogens with one attached hydrogen (secondary N) is 1. The highest BCUT2D eigenvalue weighted by Crippen LogP contribution is 2.26. The molecule has 0 fully saturated rings. The highest BCUT2D eigenvalue weighted by Gasteiger charge is 2.21. The van der Waals surface area contributed by atoms with E-state index in [9.17, 15) is 19.2 Å². The van der Waals surface area contributed by atoms with Crippen LogP contribution in [0.5, 0.6) is 0 Å². The van der Waals surface area contributed by atoms with E-state index >= 15 is 0 Å². The first-order chi connectivity index (χ1) is 16.8. The number of hydrogen-bond donors (Lipinski definition) is 1. The second kappa shape index (κ2) is 14.3. The lowest BCUT2D eigenvalue weighted by atomic mass is 9.90. The summed E-state index contributed by atoms with van der Waals surface area (Å²) >= 11 is 0. The summed E-state index contributed by atoms with van der Waals surface area (Å²) in [5.41, 5.74) is 3.06. The van der Waals surface area contributed by atoms with Crippen LogP contribution in [-0.2, 0) is 19.1 Å². The van der Waals surface area contributed by atoms with E-state index in [0.717, 1.165) is 49.8 Å². The summed E-state index contributed by atoms with van der Waals surface area (Å²) in [7, 11) is 6.81. The second-order valence-corrected chi connectivity index (χ2v) is 8.79. The van der Waals surface area contributed by atoms with Crippen molar-refractivity contribution in [2.75, 3.05) is 59.4 Å². The predicted octanol–water partition coefficient (Wildman–Crippen LogP) is 2.22. The van der Waals surface area contributed by atoms with Crippen molar-refractivity contribution in [1.29, 1.82) is 0 Å². The predicted molar refractivity (Wildman–Crippen MR) is 135 cm³/mol. The number of anilines is 1. The number of carbonyl (C=O) groups is 4. The monoisotopic (exact) mass is 486 g/mol. The minimum atomic E-state index is -0.328. The van der Waals surface area contributed by atoms with Crippen molar-refractivity contribution in [3.8, 4) is 0 Å². The third-order valence-electron chi connectivity index (χ3n) is 6.21. The van der Waals surface area contributed by atoms with Crippen LogP contribution in [0.25, 0.3) is 0 Å². The maximum Gasteiger partial charge on any atom is 0.236 e. The van der Waals surface area contributed by atoms with Gasteiger partial charge in [-0.15, -0.1) is 0 Å². The molecule has 1 aromatic carbocycles. The number of benzene rings is 1. The molecule has 9 nitrogen and oxygen atoms in total. The van der Waals surface area contributed by atoms with Gasteiger partial charge >= 0.3 is 0 Å². The third kappa shape index (κ3) is 8.51. The second-order valence-electron chi connectivity index (χ2n) is 8.79. The van der Waals surface area contributed by atoms with Gasteiger partial charge in [0.2, 0.25) is 18.2 Å². The molecule has 0 atom stereocenters. The molecular weight excluding hydrogens is 448 g/mol. The molecule has 1 aromatic rings. The van der Waals surface area contributed by atoms with E-state index in [2.05, 4.69) is 5.32 Å². The number of carbonyl (C=O) groups excluding carboxylic acids is 4. The molecule has 3 amide bonds. The van der Waals surface area contributed by atoms with Crippen molar-refractivity contribution >= 4 is 29.7 Å². The zero-order chi connectivity index (χ0) is 25.8. The molecular formula is C26H38N4O5. The summed E-state index contributed by atoms with van der Waals surface area (Å²) in [6.45, 7) is 1.84. The standard InChI is InChI=1S/C26H38N4O5/c1-27-23-9-6-5-8-22(23)26(34)20-10-12-21(13-11-20)30(4)25(33)18-24(32)29(3)15-17-35-16-7-14-28(2)19-31/h10-13,19,27H,5-9,14-18H2,1-4H3. The minimum Gasteiger partial charge on any atom is -0.391 e. The number of likely N-dealkylation sites (N-methyl/N-ethyl adjacent to an activating group) is 1. The average Bonchev–Trinajstić information content (AvgIpc) is 2.89. The van der Waals surface area contributed by atoms with Crippen LogP contribution < -0.4 is 10.2 Å². The first kappa shape index (κ1) is 28.0. The number of hydrogen-bond acceptors (Lipinski definition) is 6. The van der Waals surface area contributed by atoms with Crippen LogP contribution in [0.3, 0.4) is 0 Å². The molecule has 0 radical (unpaired) electrons. The molecule has 0 spiro atoms. The maximum absolute atomic E-state index is 12.9. The third-order valence-corrected chi connectivity index (χ3v) is 6.21. The molecule has 2 rings (SSSR count). The van der Waals surface area contributed by atoms with Crippen LogP contribution in [0.4, 0.5) is 5.69 Å². The van der Waals surface area contributed by atoms with Gasteiger partial charge in [-0.25, -0.2) is 0 Å². The molecule has 35 heavy (non-hydrogen) atoms. The molecule has 192 valence electrons. The normalized spacial score (nSPS) is 13.3. The van der Waals surface area contributed by atoms with Gasteiger partial charge < -0.3 is 24.8 Å². The molecule has 9 heteroatoms. The quantitative estimate of drug-likeness (QED) is 0.187. The fraction of sp³-hybridized carbons (Fsp3) is 0.538. The van der Waals surface area contributed by atoms with Crippen molar-refractivity contribution in [1.82, 2.24) is 15.1 Å². The van der Waals surface area contributed by atoms with Gasteiger partial charge in [0.15, 0.2) is 5.78 Å².